The Hall–Kier alpha value is -2.82. The van der Waals surface area contributed by atoms with Crippen molar-refractivity contribution < 1.29 is 14.3 Å². The van der Waals surface area contributed by atoms with E-state index in [1.165, 1.54) is 0 Å². The highest BCUT2D eigenvalue weighted by molar-refractivity contribution is 5.97. The molecule has 0 aromatic heterocycles. The molecular formula is C21H26N2O3. The lowest BCUT2D eigenvalue weighted by atomic mass is 10.0. The second kappa shape index (κ2) is 10.2. The van der Waals surface area contributed by atoms with Crippen molar-refractivity contribution in [2.24, 2.45) is 5.92 Å². The minimum absolute atomic E-state index is 0.0109. The number of hydrogen-bond donors (Lipinski definition) is 2. The maximum atomic E-state index is 12.4. The molecule has 1 atom stereocenters. The van der Waals surface area contributed by atoms with Crippen molar-refractivity contribution in [3.63, 3.8) is 0 Å². The number of carbonyl (C=O) groups is 2. The summed E-state index contributed by atoms with van der Waals surface area (Å²) in [5.74, 6) is 0.382. The summed E-state index contributed by atoms with van der Waals surface area (Å²) in [6.45, 7) is 4.84. The number of carbonyl (C=O) groups excluding carboxylic acids is 2. The van der Waals surface area contributed by atoms with Crippen LogP contribution >= 0.6 is 0 Å². The van der Waals surface area contributed by atoms with Gasteiger partial charge in [-0.2, -0.15) is 0 Å². The van der Waals surface area contributed by atoms with Gasteiger partial charge in [0.2, 0.25) is 5.91 Å². The largest absolute Gasteiger partial charge is 0.494 e. The minimum atomic E-state index is -0.572. The lowest BCUT2D eigenvalue weighted by Crippen LogP contribution is -2.50. The van der Waals surface area contributed by atoms with Crippen molar-refractivity contribution in [2.75, 3.05) is 13.2 Å². The van der Waals surface area contributed by atoms with Crippen LogP contribution in [-0.4, -0.2) is 31.0 Å². The molecule has 2 rings (SSSR count). The summed E-state index contributed by atoms with van der Waals surface area (Å²) in [4.78, 5) is 24.7. The number of nitrogens with one attached hydrogen (secondary N) is 2. The molecule has 5 nitrogen and oxygen atoms in total. The standard InChI is InChI=1S/C21H26N2O3/c1-16(2)19(23-20(24)17-10-5-3-6-11-17)21(25)22-14-9-15-26-18-12-7-4-8-13-18/h3-8,10-13,16,19H,9,14-15H2,1-2H3,(H,22,25)(H,23,24). The summed E-state index contributed by atoms with van der Waals surface area (Å²) >= 11 is 0. The summed E-state index contributed by atoms with van der Waals surface area (Å²) in [7, 11) is 0. The first kappa shape index (κ1) is 19.5. The molecule has 2 N–H and O–H groups in total. The topological polar surface area (TPSA) is 67.4 Å². The summed E-state index contributed by atoms with van der Waals surface area (Å²) in [6, 6.07) is 17.9. The molecule has 2 amide bonds. The van der Waals surface area contributed by atoms with Gasteiger partial charge in [-0.25, -0.2) is 0 Å². The van der Waals surface area contributed by atoms with E-state index in [1.54, 1.807) is 24.3 Å². The van der Waals surface area contributed by atoms with Crippen LogP contribution in [0.2, 0.25) is 0 Å². The van der Waals surface area contributed by atoms with E-state index in [0.29, 0.717) is 25.1 Å². The first-order valence-electron chi connectivity index (χ1n) is 8.89. The van der Waals surface area contributed by atoms with Gasteiger partial charge in [-0.15, -0.1) is 0 Å². The highest BCUT2D eigenvalue weighted by Gasteiger charge is 2.24. The molecule has 2 aromatic rings. The van der Waals surface area contributed by atoms with E-state index in [4.69, 9.17) is 4.74 Å². The Bertz CT molecular complexity index is 687. The second-order valence-corrected chi connectivity index (χ2v) is 6.37. The molecular weight excluding hydrogens is 328 g/mol. The minimum Gasteiger partial charge on any atom is -0.494 e. The van der Waals surface area contributed by atoms with Gasteiger partial charge in [0.05, 0.1) is 6.61 Å². The Balaban J connectivity index is 1.76. The van der Waals surface area contributed by atoms with E-state index < -0.39 is 6.04 Å². The Morgan fingerprint density at radius 2 is 1.58 bits per heavy atom. The molecule has 0 spiro atoms. The van der Waals surface area contributed by atoms with Crippen LogP contribution in [0.15, 0.2) is 60.7 Å². The zero-order chi connectivity index (χ0) is 18.8. The molecule has 0 saturated carbocycles. The van der Waals surface area contributed by atoms with Crippen LogP contribution in [0, 0.1) is 5.92 Å². The van der Waals surface area contributed by atoms with Crippen molar-refractivity contribution in [3.05, 3.63) is 66.2 Å². The van der Waals surface area contributed by atoms with E-state index in [0.717, 1.165) is 5.75 Å². The number of rotatable bonds is 9. The molecule has 0 bridgehead atoms. The average molecular weight is 354 g/mol. The number of amides is 2. The Morgan fingerprint density at radius 1 is 0.962 bits per heavy atom. The highest BCUT2D eigenvalue weighted by atomic mass is 16.5. The monoisotopic (exact) mass is 354 g/mol. The molecule has 0 saturated heterocycles. The molecule has 5 heteroatoms. The van der Waals surface area contributed by atoms with Crippen LogP contribution < -0.4 is 15.4 Å². The van der Waals surface area contributed by atoms with Gasteiger partial charge in [0, 0.05) is 12.1 Å². The van der Waals surface area contributed by atoms with E-state index >= 15 is 0 Å². The number of hydrogen-bond acceptors (Lipinski definition) is 3. The summed E-state index contributed by atoms with van der Waals surface area (Å²) in [5.41, 5.74) is 0.544. The third kappa shape index (κ3) is 6.24. The summed E-state index contributed by atoms with van der Waals surface area (Å²) in [5, 5.41) is 5.69. The van der Waals surface area contributed by atoms with Crippen molar-refractivity contribution in [3.8, 4) is 5.75 Å². The lowest BCUT2D eigenvalue weighted by Gasteiger charge is -2.21. The molecule has 2 aromatic carbocycles. The van der Waals surface area contributed by atoms with E-state index in [9.17, 15) is 9.59 Å². The molecule has 138 valence electrons. The first-order chi connectivity index (χ1) is 12.6. The maximum absolute atomic E-state index is 12.4. The zero-order valence-electron chi connectivity index (χ0n) is 15.3. The van der Waals surface area contributed by atoms with Crippen molar-refractivity contribution >= 4 is 11.8 Å². The van der Waals surface area contributed by atoms with Crippen molar-refractivity contribution in [1.82, 2.24) is 10.6 Å². The molecule has 0 fully saturated rings. The van der Waals surface area contributed by atoms with Crippen LogP contribution in [-0.2, 0) is 4.79 Å². The predicted octanol–water partition coefficient (Wildman–Crippen LogP) is 3.03. The van der Waals surface area contributed by atoms with Gasteiger partial charge in [0.15, 0.2) is 0 Å². The lowest BCUT2D eigenvalue weighted by molar-refractivity contribution is -0.123. The third-order valence-electron chi connectivity index (χ3n) is 3.90. The molecule has 0 heterocycles. The molecule has 0 aliphatic rings. The summed E-state index contributed by atoms with van der Waals surface area (Å²) in [6.07, 6.45) is 0.693. The Labute approximate surface area is 154 Å². The van der Waals surface area contributed by atoms with Gasteiger partial charge in [-0.3, -0.25) is 9.59 Å². The SMILES string of the molecule is CC(C)C(NC(=O)c1ccccc1)C(=O)NCCCOc1ccccc1. The quantitative estimate of drug-likeness (QED) is 0.680. The van der Waals surface area contributed by atoms with Gasteiger partial charge in [-0.05, 0) is 36.6 Å². The zero-order valence-corrected chi connectivity index (χ0v) is 15.3. The normalized spacial score (nSPS) is 11.7. The number of ether oxygens (including phenoxy) is 1. The van der Waals surface area contributed by atoms with Crippen LogP contribution in [0.3, 0.4) is 0 Å². The fourth-order valence-corrected chi connectivity index (χ4v) is 2.45. The fraction of sp³-hybridized carbons (Fsp3) is 0.333. The average Bonchev–Trinajstić information content (AvgIpc) is 2.66. The molecule has 26 heavy (non-hydrogen) atoms. The molecule has 1 unspecified atom stereocenters. The second-order valence-electron chi connectivity index (χ2n) is 6.37. The van der Waals surface area contributed by atoms with Crippen molar-refractivity contribution in [2.45, 2.75) is 26.3 Å². The van der Waals surface area contributed by atoms with E-state index in [1.807, 2.05) is 50.2 Å². The predicted molar refractivity (Wildman–Crippen MR) is 102 cm³/mol. The van der Waals surface area contributed by atoms with Gasteiger partial charge in [-0.1, -0.05) is 50.2 Å². The van der Waals surface area contributed by atoms with Gasteiger partial charge < -0.3 is 15.4 Å². The fourth-order valence-electron chi connectivity index (χ4n) is 2.45. The van der Waals surface area contributed by atoms with Gasteiger partial charge in [0.25, 0.3) is 5.91 Å². The van der Waals surface area contributed by atoms with Crippen LogP contribution in [0.5, 0.6) is 5.75 Å². The smallest absolute Gasteiger partial charge is 0.251 e. The van der Waals surface area contributed by atoms with Crippen molar-refractivity contribution in [1.29, 1.82) is 0 Å². The Morgan fingerprint density at radius 3 is 2.19 bits per heavy atom. The number of benzene rings is 2. The molecule has 0 aliphatic carbocycles. The number of para-hydroxylation sites is 1. The van der Waals surface area contributed by atoms with Crippen LogP contribution in [0.4, 0.5) is 0 Å². The molecule has 0 aliphatic heterocycles. The first-order valence-corrected chi connectivity index (χ1v) is 8.89. The maximum Gasteiger partial charge on any atom is 0.251 e. The van der Waals surface area contributed by atoms with Gasteiger partial charge >= 0.3 is 0 Å². The highest BCUT2D eigenvalue weighted by Crippen LogP contribution is 2.08. The molecule has 0 radical (unpaired) electrons. The van der Waals surface area contributed by atoms with Crippen LogP contribution in [0.25, 0.3) is 0 Å². The van der Waals surface area contributed by atoms with Gasteiger partial charge in [0.1, 0.15) is 11.8 Å². The van der Waals surface area contributed by atoms with E-state index in [-0.39, 0.29) is 17.7 Å². The van der Waals surface area contributed by atoms with E-state index in [2.05, 4.69) is 10.6 Å². The summed E-state index contributed by atoms with van der Waals surface area (Å²) < 4.78 is 5.60. The Kier molecular flexibility index (Phi) is 7.68. The third-order valence-corrected chi connectivity index (χ3v) is 3.90. The van der Waals surface area contributed by atoms with Crippen LogP contribution in [0.1, 0.15) is 30.6 Å².